The van der Waals surface area contributed by atoms with Crippen molar-refractivity contribution in [1.29, 1.82) is 0 Å². The van der Waals surface area contributed by atoms with Gasteiger partial charge in [0.1, 0.15) is 6.54 Å². The van der Waals surface area contributed by atoms with Crippen LogP contribution in [0.2, 0.25) is 0 Å². The number of sulfonamides is 1. The highest BCUT2D eigenvalue weighted by atomic mass is 32.2. The number of para-hydroxylation sites is 2. The van der Waals surface area contributed by atoms with Gasteiger partial charge < -0.3 is 4.90 Å². The van der Waals surface area contributed by atoms with E-state index in [1.807, 2.05) is 24.3 Å². The van der Waals surface area contributed by atoms with Gasteiger partial charge in [-0.05, 0) is 49.7 Å². The molecule has 0 fully saturated rings. The second-order valence-corrected chi connectivity index (χ2v) is 9.46. The Morgan fingerprint density at radius 2 is 1.56 bits per heavy atom. The minimum Gasteiger partial charge on any atom is -0.372 e. The summed E-state index contributed by atoms with van der Waals surface area (Å²) in [6.07, 6.45) is 1.45. The second kappa shape index (κ2) is 11.9. The Bertz CT molecular complexity index is 1320. The molecule has 0 bridgehead atoms. The molecule has 0 saturated carbocycles. The van der Waals surface area contributed by atoms with Gasteiger partial charge in [0.2, 0.25) is 0 Å². The number of nitro benzene ring substituents is 1. The molecule has 0 atom stereocenters. The highest BCUT2D eigenvalue weighted by Crippen LogP contribution is 2.29. The number of carbonyl (C=O) groups excluding carboxylic acids is 1. The summed E-state index contributed by atoms with van der Waals surface area (Å²) in [6, 6.07) is 20.5. The van der Waals surface area contributed by atoms with E-state index in [1.165, 1.54) is 30.5 Å². The first-order valence-corrected chi connectivity index (χ1v) is 12.7. The van der Waals surface area contributed by atoms with E-state index in [9.17, 15) is 23.3 Å². The van der Waals surface area contributed by atoms with E-state index < -0.39 is 38.0 Å². The summed E-state index contributed by atoms with van der Waals surface area (Å²) in [7, 11) is -4.45. The minimum atomic E-state index is -4.45. The summed E-state index contributed by atoms with van der Waals surface area (Å²) in [5, 5.41) is 15.4. The summed E-state index contributed by atoms with van der Waals surface area (Å²) in [5.41, 5.74) is 3.75. The molecule has 3 rings (SSSR count). The molecule has 0 aliphatic heterocycles. The number of hydrogen-bond acceptors (Lipinski definition) is 7. The van der Waals surface area contributed by atoms with E-state index in [0.29, 0.717) is 0 Å². The van der Waals surface area contributed by atoms with Crippen molar-refractivity contribution < 1.29 is 18.1 Å². The zero-order valence-corrected chi connectivity index (χ0v) is 20.8. The summed E-state index contributed by atoms with van der Waals surface area (Å²) in [6.45, 7) is 5.28. The van der Waals surface area contributed by atoms with Gasteiger partial charge in [0.05, 0.1) is 16.8 Å². The van der Waals surface area contributed by atoms with Crippen molar-refractivity contribution in [2.24, 2.45) is 5.10 Å². The number of nitrogens with zero attached hydrogens (tertiary/aromatic N) is 4. The molecule has 1 N–H and O–H groups in total. The van der Waals surface area contributed by atoms with Crippen LogP contribution >= 0.6 is 0 Å². The van der Waals surface area contributed by atoms with E-state index in [0.717, 1.165) is 40.8 Å². The van der Waals surface area contributed by atoms with Gasteiger partial charge in [0.15, 0.2) is 4.90 Å². The quantitative estimate of drug-likeness (QED) is 0.238. The molecule has 0 radical (unpaired) electrons. The first-order chi connectivity index (χ1) is 17.3. The van der Waals surface area contributed by atoms with Crippen LogP contribution in [-0.4, -0.2) is 45.1 Å². The van der Waals surface area contributed by atoms with Crippen molar-refractivity contribution in [3.05, 3.63) is 94.5 Å². The Labute approximate surface area is 210 Å². The largest absolute Gasteiger partial charge is 0.372 e. The van der Waals surface area contributed by atoms with Gasteiger partial charge in [0.25, 0.3) is 21.6 Å². The molecule has 3 aromatic carbocycles. The first-order valence-electron chi connectivity index (χ1n) is 11.3. The van der Waals surface area contributed by atoms with E-state index >= 15 is 0 Å². The van der Waals surface area contributed by atoms with Crippen LogP contribution < -0.4 is 14.6 Å². The lowest BCUT2D eigenvalue weighted by Gasteiger charge is -2.23. The first kappa shape index (κ1) is 26.4. The van der Waals surface area contributed by atoms with Crippen LogP contribution in [-0.2, 0) is 14.8 Å². The van der Waals surface area contributed by atoms with Gasteiger partial charge >= 0.3 is 0 Å². The number of nitrogens with one attached hydrogen (secondary N) is 1. The third-order valence-corrected chi connectivity index (χ3v) is 7.21. The summed E-state index contributed by atoms with van der Waals surface area (Å²) >= 11 is 0. The molecule has 3 aromatic rings. The Balaban J connectivity index is 1.80. The third-order valence-electron chi connectivity index (χ3n) is 5.39. The smallest absolute Gasteiger partial charge is 0.289 e. The van der Waals surface area contributed by atoms with E-state index in [1.54, 1.807) is 18.2 Å². The molecule has 0 aliphatic carbocycles. The normalized spacial score (nSPS) is 11.3. The maximum Gasteiger partial charge on any atom is 0.289 e. The maximum atomic E-state index is 13.4. The third kappa shape index (κ3) is 6.25. The Morgan fingerprint density at radius 1 is 0.944 bits per heavy atom. The monoisotopic (exact) mass is 509 g/mol. The van der Waals surface area contributed by atoms with Crippen LogP contribution in [0.15, 0.2) is 88.9 Å². The van der Waals surface area contributed by atoms with Gasteiger partial charge in [-0.25, -0.2) is 13.8 Å². The molecule has 0 spiro atoms. The number of anilines is 2. The molecule has 0 unspecified atom stereocenters. The van der Waals surface area contributed by atoms with Crippen LogP contribution in [0.1, 0.15) is 19.4 Å². The molecule has 10 nitrogen and oxygen atoms in total. The molecule has 188 valence electrons. The van der Waals surface area contributed by atoms with Gasteiger partial charge in [-0.15, -0.1) is 0 Å². The maximum absolute atomic E-state index is 13.4. The Kier molecular flexibility index (Phi) is 8.74. The van der Waals surface area contributed by atoms with Crippen molar-refractivity contribution in [2.45, 2.75) is 18.7 Å². The summed E-state index contributed by atoms with van der Waals surface area (Å²) in [5.74, 6) is -0.711. The van der Waals surface area contributed by atoms with Gasteiger partial charge in [-0.3, -0.25) is 19.2 Å². The molecule has 0 aromatic heterocycles. The highest BCUT2D eigenvalue weighted by Gasteiger charge is 2.33. The fourth-order valence-electron chi connectivity index (χ4n) is 3.56. The minimum absolute atomic E-state index is 0.182. The fraction of sp³-hybridized carbons (Fsp3) is 0.200. The number of hydrogen-bond donors (Lipinski definition) is 1. The lowest BCUT2D eigenvalue weighted by Crippen LogP contribution is -2.39. The van der Waals surface area contributed by atoms with E-state index in [-0.39, 0.29) is 5.69 Å². The Morgan fingerprint density at radius 3 is 2.17 bits per heavy atom. The Hall–Kier alpha value is -4.25. The van der Waals surface area contributed by atoms with Crippen LogP contribution in [0.25, 0.3) is 0 Å². The lowest BCUT2D eigenvalue weighted by atomic mass is 10.2. The zero-order valence-electron chi connectivity index (χ0n) is 19.9. The average molecular weight is 510 g/mol. The van der Waals surface area contributed by atoms with Crippen molar-refractivity contribution in [3.8, 4) is 0 Å². The fourth-order valence-corrected chi connectivity index (χ4v) is 5.14. The summed E-state index contributed by atoms with van der Waals surface area (Å²) in [4.78, 5) is 25.0. The predicted octanol–water partition coefficient (Wildman–Crippen LogP) is 3.79. The van der Waals surface area contributed by atoms with Gasteiger partial charge in [-0.1, -0.05) is 42.5 Å². The molecule has 0 saturated heterocycles. The molecule has 0 aliphatic rings. The molecule has 0 heterocycles. The topological polar surface area (TPSA) is 125 Å². The molecule has 11 heteroatoms. The van der Waals surface area contributed by atoms with Crippen LogP contribution in [0, 0.1) is 10.1 Å². The molecule has 1 amide bonds. The average Bonchev–Trinajstić information content (AvgIpc) is 2.89. The van der Waals surface area contributed by atoms with Crippen LogP contribution in [0.3, 0.4) is 0 Å². The number of carbonyl (C=O) groups is 1. The number of nitro groups is 1. The van der Waals surface area contributed by atoms with Gasteiger partial charge in [-0.2, -0.15) is 5.10 Å². The lowest BCUT2D eigenvalue weighted by molar-refractivity contribution is -0.387. The van der Waals surface area contributed by atoms with Crippen molar-refractivity contribution in [1.82, 2.24) is 5.43 Å². The van der Waals surface area contributed by atoms with E-state index in [4.69, 9.17) is 0 Å². The number of rotatable bonds is 11. The van der Waals surface area contributed by atoms with Gasteiger partial charge in [0, 0.05) is 24.8 Å². The van der Waals surface area contributed by atoms with Crippen LogP contribution in [0.5, 0.6) is 0 Å². The van der Waals surface area contributed by atoms with Crippen LogP contribution in [0.4, 0.5) is 17.1 Å². The number of benzene rings is 3. The van der Waals surface area contributed by atoms with Crippen molar-refractivity contribution in [3.63, 3.8) is 0 Å². The molecular formula is C25H27N5O5S. The SMILES string of the molecule is CCN(CC)c1ccc(/C=N/NC(=O)CN(c2ccccc2)S(=O)(=O)c2ccccc2[N+](=O)[O-])cc1. The van der Waals surface area contributed by atoms with Crippen molar-refractivity contribution in [2.75, 3.05) is 28.8 Å². The highest BCUT2D eigenvalue weighted by molar-refractivity contribution is 7.93. The number of amides is 1. The predicted molar refractivity (Wildman–Crippen MR) is 140 cm³/mol. The van der Waals surface area contributed by atoms with Crippen molar-refractivity contribution >= 4 is 39.2 Å². The zero-order chi connectivity index (χ0) is 26.1. The molecular weight excluding hydrogens is 482 g/mol. The van der Waals surface area contributed by atoms with E-state index in [2.05, 4.69) is 29.3 Å². The number of hydrazone groups is 1. The summed E-state index contributed by atoms with van der Waals surface area (Å²) < 4.78 is 27.7. The standard InChI is InChI=1S/C25H27N5O5S/c1-3-28(4-2)21-16-14-20(15-17-21)18-26-27-25(31)19-29(22-10-6-5-7-11-22)36(34,35)24-13-9-8-12-23(24)30(32)33/h5-18H,3-4,19H2,1-2H3,(H,27,31)/b26-18+. The molecule has 36 heavy (non-hydrogen) atoms. The second-order valence-electron chi connectivity index (χ2n) is 7.63.